The fourth-order valence-corrected chi connectivity index (χ4v) is 3.96. The molecule has 2 aromatic rings. The van der Waals surface area contributed by atoms with Crippen molar-refractivity contribution in [1.29, 1.82) is 0 Å². The van der Waals surface area contributed by atoms with Gasteiger partial charge in [-0.25, -0.2) is 14.7 Å². The van der Waals surface area contributed by atoms with Crippen molar-refractivity contribution in [1.82, 2.24) is 10.3 Å². The van der Waals surface area contributed by atoms with Crippen LogP contribution in [0.5, 0.6) is 0 Å². The molecule has 0 unspecified atom stereocenters. The molecule has 2 heterocycles. The zero-order valence-corrected chi connectivity index (χ0v) is 15.0. The lowest BCUT2D eigenvalue weighted by molar-refractivity contribution is -0.121. The van der Waals surface area contributed by atoms with Gasteiger partial charge in [-0.3, -0.25) is 4.79 Å². The lowest BCUT2D eigenvalue weighted by Crippen LogP contribution is -2.40. The third-order valence-corrected chi connectivity index (χ3v) is 5.97. The van der Waals surface area contributed by atoms with Crippen LogP contribution in [0.4, 0.5) is 9.93 Å². The van der Waals surface area contributed by atoms with Gasteiger partial charge in [-0.05, 0) is 37.5 Å². The van der Waals surface area contributed by atoms with E-state index in [0.717, 1.165) is 23.4 Å². The minimum Gasteiger partial charge on any atom is -0.319 e. The maximum atomic E-state index is 13.0. The van der Waals surface area contributed by atoms with Crippen molar-refractivity contribution in [3.05, 3.63) is 44.9 Å². The number of aromatic nitrogens is 1. The molecule has 8 heteroatoms. The molecule has 0 spiro atoms. The van der Waals surface area contributed by atoms with E-state index in [1.165, 1.54) is 11.3 Å². The number of hydrogen-bond acceptors (Lipinski definition) is 4. The number of urea groups is 1. The number of nitrogens with zero attached hydrogens (tertiary/aromatic N) is 2. The molecule has 124 valence electrons. The number of hydrogen-bond donors (Lipinski definition) is 1. The highest BCUT2D eigenvalue weighted by atomic mass is 35.5. The van der Waals surface area contributed by atoms with Crippen LogP contribution in [0.15, 0.2) is 23.6 Å². The standard InChI is InChI=1S/C16H13Cl2N3O2S/c1-16(9-4-5-10(17)11(18)6-9)13(22)21(14(23)20-16)15-19-12(7-24-15)8-2-3-8/h4-8H,2-3H2,1H3,(H,20,23)/t16-/m1/s1. The molecule has 24 heavy (non-hydrogen) atoms. The van der Waals surface area contributed by atoms with Gasteiger partial charge in [0.05, 0.1) is 15.7 Å². The van der Waals surface area contributed by atoms with Gasteiger partial charge >= 0.3 is 6.03 Å². The van der Waals surface area contributed by atoms with Gasteiger partial charge in [0.25, 0.3) is 5.91 Å². The van der Waals surface area contributed by atoms with Crippen LogP contribution in [0, 0.1) is 0 Å². The summed E-state index contributed by atoms with van der Waals surface area (Å²) in [5.41, 5.74) is 0.340. The lowest BCUT2D eigenvalue weighted by atomic mass is 9.92. The molecule has 1 N–H and O–H groups in total. The minimum absolute atomic E-state index is 0.334. The zero-order chi connectivity index (χ0) is 17.1. The molecular weight excluding hydrogens is 369 g/mol. The molecule has 1 saturated heterocycles. The fraction of sp³-hybridized carbons (Fsp3) is 0.312. The molecule has 1 aliphatic heterocycles. The number of benzene rings is 1. The predicted octanol–water partition coefficient (Wildman–Crippen LogP) is 4.30. The summed E-state index contributed by atoms with van der Waals surface area (Å²) in [5, 5.41) is 5.80. The van der Waals surface area contributed by atoms with Crippen LogP contribution in [0.25, 0.3) is 0 Å². The van der Waals surface area contributed by atoms with Crippen molar-refractivity contribution >= 4 is 51.6 Å². The molecule has 2 fully saturated rings. The van der Waals surface area contributed by atoms with Gasteiger partial charge in [-0.15, -0.1) is 11.3 Å². The number of nitrogens with one attached hydrogen (secondary N) is 1. The Hall–Kier alpha value is -1.63. The average molecular weight is 382 g/mol. The summed E-state index contributed by atoms with van der Waals surface area (Å²) >= 11 is 13.3. The summed E-state index contributed by atoms with van der Waals surface area (Å²) in [5.74, 6) is 0.0970. The van der Waals surface area contributed by atoms with Crippen molar-refractivity contribution in [2.24, 2.45) is 0 Å². The van der Waals surface area contributed by atoms with Crippen LogP contribution in [-0.2, 0) is 10.3 Å². The van der Waals surface area contributed by atoms with Crippen LogP contribution in [0.2, 0.25) is 10.0 Å². The number of imide groups is 1. The minimum atomic E-state index is -1.20. The highest BCUT2D eigenvalue weighted by Crippen LogP contribution is 2.42. The average Bonchev–Trinajstić information content (AvgIpc) is 3.23. The Kier molecular flexibility index (Phi) is 3.60. The molecule has 1 aromatic carbocycles. The van der Waals surface area contributed by atoms with Gasteiger partial charge in [0.2, 0.25) is 5.13 Å². The van der Waals surface area contributed by atoms with Crippen molar-refractivity contribution in [2.45, 2.75) is 31.2 Å². The number of carbonyl (C=O) groups is 2. The Morgan fingerprint density at radius 2 is 2.04 bits per heavy atom. The highest BCUT2D eigenvalue weighted by Gasteiger charge is 2.51. The van der Waals surface area contributed by atoms with Crippen molar-refractivity contribution < 1.29 is 9.59 Å². The first kappa shape index (κ1) is 15.9. The van der Waals surface area contributed by atoms with Crippen molar-refractivity contribution in [3.63, 3.8) is 0 Å². The van der Waals surface area contributed by atoms with E-state index in [1.807, 2.05) is 5.38 Å². The number of rotatable bonds is 3. The van der Waals surface area contributed by atoms with E-state index < -0.39 is 11.6 Å². The summed E-state index contributed by atoms with van der Waals surface area (Å²) in [7, 11) is 0. The predicted molar refractivity (Wildman–Crippen MR) is 93.9 cm³/mol. The summed E-state index contributed by atoms with van der Waals surface area (Å²) in [6.45, 7) is 1.65. The summed E-state index contributed by atoms with van der Waals surface area (Å²) in [4.78, 5) is 31.0. The Morgan fingerprint density at radius 3 is 2.71 bits per heavy atom. The first-order valence-corrected chi connectivity index (χ1v) is 9.11. The van der Waals surface area contributed by atoms with Gasteiger partial charge < -0.3 is 5.32 Å². The lowest BCUT2D eigenvalue weighted by Gasteiger charge is -2.22. The third kappa shape index (κ3) is 2.41. The van der Waals surface area contributed by atoms with Crippen molar-refractivity contribution in [2.75, 3.05) is 4.90 Å². The van der Waals surface area contributed by atoms with Gasteiger partial charge in [-0.2, -0.15) is 0 Å². The summed E-state index contributed by atoms with van der Waals surface area (Å²) in [6, 6.07) is 4.42. The molecule has 0 radical (unpaired) electrons. The SMILES string of the molecule is C[C@]1(c2ccc(Cl)c(Cl)c2)NC(=O)N(c2nc(C3CC3)cs2)C1=O. The molecule has 3 amide bonds. The molecule has 1 aliphatic carbocycles. The second kappa shape index (κ2) is 5.44. The van der Waals surface area contributed by atoms with E-state index in [0.29, 0.717) is 26.7 Å². The zero-order valence-electron chi connectivity index (χ0n) is 12.7. The quantitative estimate of drug-likeness (QED) is 0.806. The molecule has 1 aromatic heterocycles. The molecule has 1 saturated carbocycles. The Bertz CT molecular complexity index is 865. The van der Waals surface area contributed by atoms with Crippen LogP contribution in [-0.4, -0.2) is 16.9 Å². The van der Waals surface area contributed by atoms with E-state index in [2.05, 4.69) is 10.3 Å². The third-order valence-electron chi connectivity index (χ3n) is 4.38. The van der Waals surface area contributed by atoms with Gasteiger partial charge in [0.1, 0.15) is 5.54 Å². The fourth-order valence-electron chi connectivity index (χ4n) is 2.76. The molecule has 5 nitrogen and oxygen atoms in total. The Morgan fingerprint density at radius 1 is 1.29 bits per heavy atom. The molecule has 0 bridgehead atoms. The first-order valence-electron chi connectivity index (χ1n) is 7.48. The summed E-state index contributed by atoms with van der Waals surface area (Å²) in [6.07, 6.45) is 2.23. The number of anilines is 1. The molecule has 1 atom stereocenters. The van der Waals surface area contributed by atoms with Crippen LogP contribution in [0.1, 0.15) is 36.9 Å². The molecular formula is C16H13Cl2N3O2S. The largest absolute Gasteiger partial charge is 0.331 e. The second-order valence-corrected chi connectivity index (χ2v) is 7.80. The topological polar surface area (TPSA) is 62.3 Å². The normalized spacial score (nSPS) is 23.7. The maximum absolute atomic E-state index is 13.0. The van der Waals surface area contributed by atoms with E-state index in [4.69, 9.17) is 23.2 Å². The van der Waals surface area contributed by atoms with E-state index in [-0.39, 0.29) is 5.91 Å². The van der Waals surface area contributed by atoms with Crippen LogP contribution < -0.4 is 10.2 Å². The molecule has 4 rings (SSSR count). The maximum Gasteiger partial charge on any atom is 0.331 e. The van der Waals surface area contributed by atoms with E-state index in [9.17, 15) is 9.59 Å². The number of halogens is 2. The number of amides is 3. The van der Waals surface area contributed by atoms with Gasteiger partial charge in [-0.1, -0.05) is 29.3 Å². The summed E-state index contributed by atoms with van der Waals surface area (Å²) < 4.78 is 0. The number of thiazole rings is 1. The Labute approximate surface area is 152 Å². The van der Waals surface area contributed by atoms with Crippen LogP contribution >= 0.6 is 34.5 Å². The van der Waals surface area contributed by atoms with E-state index in [1.54, 1.807) is 25.1 Å². The smallest absolute Gasteiger partial charge is 0.319 e. The Balaban J connectivity index is 1.70. The monoisotopic (exact) mass is 381 g/mol. The van der Waals surface area contributed by atoms with Gasteiger partial charge in [0.15, 0.2) is 0 Å². The highest BCUT2D eigenvalue weighted by molar-refractivity contribution is 7.14. The van der Waals surface area contributed by atoms with Crippen LogP contribution in [0.3, 0.4) is 0 Å². The molecule has 2 aliphatic rings. The van der Waals surface area contributed by atoms with Gasteiger partial charge in [0, 0.05) is 11.3 Å². The van der Waals surface area contributed by atoms with E-state index >= 15 is 0 Å². The van der Waals surface area contributed by atoms with Crippen molar-refractivity contribution in [3.8, 4) is 0 Å². The second-order valence-electron chi connectivity index (χ2n) is 6.15. The first-order chi connectivity index (χ1) is 11.4. The number of carbonyl (C=O) groups excluding carboxylic acids is 2.